The molecule has 0 N–H and O–H groups in total. The molecule has 2 atom stereocenters. The van der Waals surface area contributed by atoms with Crippen molar-refractivity contribution in [1.29, 1.82) is 0 Å². The third-order valence-electron chi connectivity index (χ3n) is 1.38. The van der Waals surface area contributed by atoms with Crippen LogP contribution in [-0.4, -0.2) is 16.1 Å². The van der Waals surface area contributed by atoms with Crippen molar-refractivity contribution in [3.63, 3.8) is 0 Å². The fourth-order valence-corrected chi connectivity index (χ4v) is 1.27. The van der Waals surface area contributed by atoms with Crippen molar-refractivity contribution in [2.45, 2.75) is 25.9 Å². The Morgan fingerprint density at radius 2 is 2.25 bits per heavy atom. The highest BCUT2D eigenvalue weighted by Crippen LogP contribution is 2.14. The lowest BCUT2D eigenvalue weighted by atomic mass is 10.1. The molecule has 0 radical (unpaired) electrons. The predicted molar refractivity (Wildman–Crippen MR) is 50.5 cm³/mol. The third kappa shape index (κ3) is 4.18. The topological polar surface area (TPSA) is 26.3 Å². The van der Waals surface area contributed by atoms with Gasteiger partial charge in [-0.3, -0.25) is 4.18 Å². The molecule has 0 amide bonds. The van der Waals surface area contributed by atoms with Crippen LogP contribution in [0.5, 0.6) is 0 Å². The van der Waals surface area contributed by atoms with Crippen LogP contribution >= 0.6 is 0 Å². The molecule has 0 saturated carbocycles. The van der Waals surface area contributed by atoms with Gasteiger partial charge in [0.15, 0.2) is 11.1 Å². The molecular formula is C9H12O2S. The van der Waals surface area contributed by atoms with Gasteiger partial charge < -0.3 is 0 Å². The Hall–Kier alpha value is -0.770. The zero-order chi connectivity index (χ0) is 9.61. The fourth-order valence-electron chi connectivity index (χ4n) is 0.595. The van der Waals surface area contributed by atoms with Gasteiger partial charge in [0, 0.05) is 6.26 Å². The lowest BCUT2D eigenvalue weighted by molar-refractivity contribution is 0.170. The molecule has 0 aromatic heterocycles. The first-order valence-corrected chi connectivity index (χ1v) is 5.03. The molecule has 12 heavy (non-hydrogen) atoms. The van der Waals surface area contributed by atoms with E-state index in [0.717, 1.165) is 0 Å². The zero-order valence-electron chi connectivity index (χ0n) is 7.51. The molecule has 0 rings (SSSR count). The standard InChI is InChI=1S/C9H12O2S/c1-5-7-8-9(3,6-2)11-12(4)10/h1H,6H2,2-4H3. The summed E-state index contributed by atoms with van der Waals surface area (Å²) < 4.78 is 15.8. The van der Waals surface area contributed by atoms with Crippen LogP contribution in [-0.2, 0) is 15.3 Å². The number of terminal acetylenes is 1. The van der Waals surface area contributed by atoms with E-state index in [1.54, 1.807) is 6.92 Å². The average Bonchev–Trinajstić information content (AvgIpc) is 2.00. The highest BCUT2D eigenvalue weighted by molar-refractivity contribution is 7.79. The minimum atomic E-state index is -1.31. The second kappa shape index (κ2) is 4.98. The van der Waals surface area contributed by atoms with E-state index >= 15 is 0 Å². The van der Waals surface area contributed by atoms with Crippen molar-refractivity contribution in [1.82, 2.24) is 0 Å². The summed E-state index contributed by atoms with van der Waals surface area (Å²) in [6.07, 6.45) is 7.08. The third-order valence-corrected chi connectivity index (χ3v) is 1.98. The number of rotatable bonds is 3. The molecule has 2 unspecified atom stereocenters. The van der Waals surface area contributed by atoms with Gasteiger partial charge in [0.25, 0.3) is 0 Å². The number of hydrogen-bond acceptors (Lipinski definition) is 2. The molecule has 0 spiro atoms. The monoisotopic (exact) mass is 184 g/mol. The molecule has 0 aromatic rings. The molecule has 0 aliphatic heterocycles. The van der Waals surface area contributed by atoms with Gasteiger partial charge in [0.2, 0.25) is 0 Å². The summed E-state index contributed by atoms with van der Waals surface area (Å²) in [6, 6.07) is 0. The van der Waals surface area contributed by atoms with Crippen LogP contribution in [0.25, 0.3) is 0 Å². The van der Waals surface area contributed by atoms with E-state index in [4.69, 9.17) is 10.6 Å². The van der Waals surface area contributed by atoms with E-state index < -0.39 is 16.7 Å². The summed E-state index contributed by atoms with van der Waals surface area (Å²) in [5.74, 6) is 7.38. The van der Waals surface area contributed by atoms with Crippen LogP contribution in [0.4, 0.5) is 0 Å². The van der Waals surface area contributed by atoms with Gasteiger partial charge in [-0.05, 0) is 25.2 Å². The molecule has 66 valence electrons. The summed E-state index contributed by atoms with van der Waals surface area (Å²) in [5, 5.41) is 0. The van der Waals surface area contributed by atoms with Gasteiger partial charge in [-0.1, -0.05) is 12.8 Å². The maximum Gasteiger partial charge on any atom is 0.153 e. The summed E-state index contributed by atoms with van der Waals surface area (Å²) in [6.45, 7) is 3.66. The van der Waals surface area contributed by atoms with Crippen molar-refractivity contribution < 1.29 is 8.39 Å². The lowest BCUT2D eigenvalue weighted by Gasteiger charge is -2.19. The van der Waals surface area contributed by atoms with Crippen molar-refractivity contribution in [2.75, 3.05) is 6.26 Å². The molecule has 0 fully saturated rings. The summed E-state index contributed by atoms with van der Waals surface area (Å²) in [7, 11) is 0. The van der Waals surface area contributed by atoms with E-state index in [1.807, 2.05) is 6.92 Å². The van der Waals surface area contributed by atoms with Gasteiger partial charge in [0.05, 0.1) is 0 Å². The fraction of sp³-hybridized carbons (Fsp3) is 0.556. The molecule has 3 heteroatoms. The first-order chi connectivity index (χ1) is 5.54. The Morgan fingerprint density at radius 1 is 1.67 bits per heavy atom. The van der Waals surface area contributed by atoms with Crippen molar-refractivity contribution >= 4 is 11.1 Å². The SMILES string of the molecule is C#CC#CC(C)(CC)OS(C)=O. The van der Waals surface area contributed by atoms with Gasteiger partial charge in [-0.2, -0.15) is 0 Å². The van der Waals surface area contributed by atoms with Gasteiger partial charge in [-0.15, -0.1) is 6.42 Å². The van der Waals surface area contributed by atoms with Crippen molar-refractivity contribution in [3.8, 4) is 24.2 Å². The summed E-state index contributed by atoms with van der Waals surface area (Å²) in [5.41, 5.74) is -0.689. The Bertz CT molecular complexity index is 266. The van der Waals surface area contributed by atoms with Crippen molar-refractivity contribution in [3.05, 3.63) is 0 Å². The van der Waals surface area contributed by atoms with Crippen LogP contribution in [0.15, 0.2) is 0 Å². The molecule has 0 heterocycles. The summed E-state index contributed by atoms with van der Waals surface area (Å²) in [4.78, 5) is 0. The van der Waals surface area contributed by atoms with Crippen LogP contribution in [0.3, 0.4) is 0 Å². The van der Waals surface area contributed by atoms with Gasteiger partial charge in [-0.25, -0.2) is 4.21 Å². The van der Waals surface area contributed by atoms with E-state index in [9.17, 15) is 4.21 Å². The molecule has 0 aromatic carbocycles. The van der Waals surface area contributed by atoms with E-state index in [1.165, 1.54) is 6.26 Å². The molecule has 2 nitrogen and oxygen atoms in total. The molecule has 0 saturated heterocycles. The molecule has 0 bridgehead atoms. The number of hydrogen-bond donors (Lipinski definition) is 0. The second-order valence-electron chi connectivity index (χ2n) is 2.46. The van der Waals surface area contributed by atoms with Crippen LogP contribution in [0.1, 0.15) is 20.3 Å². The lowest BCUT2D eigenvalue weighted by Crippen LogP contribution is -2.26. The first kappa shape index (κ1) is 11.2. The largest absolute Gasteiger partial charge is 0.271 e. The minimum Gasteiger partial charge on any atom is -0.271 e. The molecule has 0 aliphatic rings. The average molecular weight is 184 g/mol. The van der Waals surface area contributed by atoms with Crippen LogP contribution in [0.2, 0.25) is 0 Å². The van der Waals surface area contributed by atoms with Gasteiger partial charge >= 0.3 is 0 Å². The quantitative estimate of drug-likeness (QED) is 0.614. The first-order valence-electron chi connectivity index (χ1n) is 3.55. The normalized spacial score (nSPS) is 16.5. The molecular weight excluding hydrogens is 172 g/mol. The Labute approximate surface area is 76.4 Å². The van der Waals surface area contributed by atoms with Crippen molar-refractivity contribution in [2.24, 2.45) is 0 Å². The maximum absolute atomic E-state index is 10.8. The van der Waals surface area contributed by atoms with E-state index in [-0.39, 0.29) is 0 Å². The van der Waals surface area contributed by atoms with E-state index in [0.29, 0.717) is 6.42 Å². The Morgan fingerprint density at radius 3 is 2.58 bits per heavy atom. The highest BCUT2D eigenvalue weighted by atomic mass is 32.2. The van der Waals surface area contributed by atoms with Gasteiger partial charge in [0.1, 0.15) is 5.60 Å². The molecule has 0 aliphatic carbocycles. The zero-order valence-corrected chi connectivity index (χ0v) is 8.33. The maximum atomic E-state index is 10.8. The Balaban J connectivity index is 4.47. The summed E-state index contributed by atoms with van der Waals surface area (Å²) >= 11 is -1.31. The second-order valence-corrected chi connectivity index (χ2v) is 3.43. The Kier molecular flexibility index (Phi) is 4.66. The minimum absolute atomic E-state index is 0.654. The van der Waals surface area contributed by atoms with Crippen LogP contribution in [0, 0.1) is 24.2 Å². The highest BCUT2D eigenvalue weighted by Gasteiger charge is 2.21. The van der Waals surface area contributed by atoms with Crippen LogP contribution < -0.4 is 0 Å². The predicted octanol–water partition coefficient (Wildman–Crippen LogP) is 1.10. The van der Waals surface area contributed by atoms with E-state index in [2.05, 4.69) is 17.8 Å². The smallest absolute Gasteiger partial charge is 0.153 e.